The Kier molecular flexibility index (Phi) is 2.67. The van der Waals surface area contributed by atoms with E-state index in [1.165, 1.54) is 25.3 Å². The minimum Gasteiger partial charge on any atom is -0.508 e. The molecule has 0 heterocycles. The summed E-state index contributed by atoms with van der Waals surface area (Å²) in [7, 11) is 1.28. The third-order valence-electron chi connectivity index (χ3n) is 2.48. The molecule has 0 aliphatic carbocycles. The average molecular weight is 227 g/mol. The van der Waals surface area contributed by atoms with Crippen molar-refractivity contribution in [2.45, 2.75) is 0 Å². The Morgan fingerprint density at radius 3 is 2.76 bits per heavy atom. The van der Waals surface area contributed by atoms with Gasteiger partial charge in [-0.3, -0.25) is 0 Å². The predicted molar refractivity (Wildman–Crippen MR) is 61.7 cm³/mol. The number of fused-ring (bicyclic) bond motifs is 1. The van der Waals surface area contributed by atoms with Gasteiger partial charge in [-0.2, -0.15) is 5.26 Å². The smallest absolute Gasteiger partial charge is 0.337 e. The first-order valence-corrected chi connectivity index (χ1v) is 4.91. The van der Waals surface area contributed by atoms with E-state index in [0.717, 1.165) is 0 Å². The van der Waals surface area contributed by atoms with Crippen LogP contribution in [0.25, 0.3) is 10.8 Å². The zero-order valence-corrected chi connectivity index (χ0v) is 9.10. The van der Waals surface area contributed by atoms with Crippen molar-refractivity contribution < 1.29 is 14.6 Å². The number of phenols is 1. The van der Waals surface area contributed by atoms with Gasteiger partial charge in [-0.05, 0) is 41.1 Å². The van der Waals surface area contributed by atoms with Gasteiger partial charge in [0.05, 0.1) is 24.3 Å². The van der Waals surface area contributed by atoms with Gasteiger partial charge in [0.15, 0.2) is 0 Å². The highest BCUT2D eigenvalue weighted by atomic mass is 16.5. The standard InChI is InChI=1S/C13H9NO3/c1-17-13(16)9-4-8-6-11(15)2-3-12(8)10(5-9)7-14/h2-6,15H,1H3. The maximum Gasteiger partial charge on any atom is 0.337 e. The van der Waals surface area contributed by atoms with Crippen LogP contribution in [-0.4, -0.2) is 18.2 Å². The lowest BCUT2D eigenvalue weighted by Crippen LogP contribution is -2.01. The van der Waals surface area contributed by atoms with Gasteiger partial charge in [-0.1, -0.05) is 0 Å². The van der Waals surface area contributed by atoms with E-state index in [1.807, 2.05) is 6.07 Å². The molecule has 84 valence electrons. The van der Waals surface area contributed by atoms with Crippen LogP contribution in [0.3, 0.4) is 0 Å². The van der Waals surface area contributed by atoms with Crippen molar-refractivity contribution in [3.63, 3.8) is 0 Å². The van der Waals surface area contributed by atoms with Crippen LogP contribution in [0.15, 0.2) is 30.3 Å². The van der Waals surface area contributed by atoms with E-state index in [-0.39, 0.29) is 5.75 Å². The number of carbonyl (C=O) groups is 1. The second kappa shape index (κ2) is 4.14. The number of nitriles is 1. The van der Waals surface area contributed by atoms with Crippen molar-refractivity contribution >= 4 is 16.7 Å². The molecule has 0 spiro atoms. The number of aromatic hydroxyl groups is 1. The van der Waals surface area contributed by atoms with Crippen LogP contribution < -0.4 is 0 Å². The highest BCUT2D eigenvalue weighted by molar-refractivity contribution is 5.98. The molecule has 2 aromatic rings. The number of esters is 1. The number of rotatable bonds is 1. The van der Waals surface area contributed by atoms with Crippen LogP contribution in [0.1, 0.15) is 15.9 Å². The molecule has 0 aliphatic rings. The fourth-order valence-electron chi connectivity index (χ4n) is 1.69. The molecule has 0 fully saturated rings. The summed E-state index contributed by atoms with van der Waals surface area (Å²) in [6.07, 6.45) is 0. The van der Waals surface area contributed by atoms with Gasteiger partial charge in [-0.25, -0.2) is 4.79 Å². The monoisotopic (exact) mass is 227 g/mol. The Labute approximate surface area is 97.7 Å². The van der Waals surface area contributed by atoms with E-state index >= 15 is 0 Å². The Balaban J connectivity index is 2.76. The summed E-state index contributed by atoms with van der Waals surface area (Å²) in [5, 5.41) is 19.7. The minimum atomic E-state index is -0.508. The van der Waals surface area contributed by atoms with Gasteiger partial charge in [0.1, 0.15) is 5.75 Å². The summed E-state index contributed by atoms with van der Waals surface area (Å²) in [4.78, 5) is 11.4. The lowest BCUT2D eigenvalue weighted by atomic mass is 10.0. The van der Waals surface area contributed by atoms with E-state index < -0.39 is 5.97 Å². The normalized spacial score (nSPS) is 9.88. The van der Waals surface area contributed by atoms with Crippen molar-refractivity contribution in [2.75, 3.05) is 7.11 Å². The van der Waals surface area contributed by atoms with Gasteiger partial charge >= 0.3 is 5.97 Å². The van der Waals surface area contributed by atoms with Gasteiger partial charge in [0.2, 0.25) is 0 Å². The molecule has 4 nitrogen and oxygen atoms in total. The summed E-state index contributed by atoms with van der Waals surface area (Å²) in [6, 6.07) is 9.73. The summed E-state index contributed by atoms with van der Waals surface area (Å²) >= 11 is 0. The zero-order valence-electron chi connectivity index (χ0n) is 9.10. The van der Waals surface area contributed by atoms with E-state index in [0.29, 0.717) is 21.9 Å². The molecule has 2 aromatic carbocycles. The number of benzene rings is 2. The number of hydrogen-bond acceptors (Lipinski definition) is 4. The first kappa shape index (κ1) is 11.0. The quantitative estimate of drug-likeness (QED) is 0.758. The molecule has 0 aromatic heterocycles. The molecule has 0 saturated heterocycles. The molecule has 0 radical (unpaired) electrons. The number of ether oxygens (including phenoxy) is 1. The van der Waals surface area contributed by atoms with E-state index in [4.69, 9.17) is 5.26 Å². The van der Waals surface area contributed by atoms with Crippen LogP contribution >= 0.6 is 0 Å². The summed E-state index contributed by atoms with van der Waals surface area (Å²) < 4.78 is 4.60. The molecular formula is C13H9NO3. The topological polar surface area (TPSA) is 70.3 Å². The summed E-state index contributed by atoms with van der Waals surface area (Å²) in [5.41, 5.74) is 0.671. The molecule has 2 rings (SSSR count). The van der Waals surface area contributed by atoms with Crippen LogP contribution in [0.4, 0.5) is 0 Å². The fourth-order valence-corrected chi connectivity index (χ4v) is 1.69. The van der Waals surface area contributed by atoms with Crippen molar-refractivity contribution in [1.82, 2.24) is 0 Å². The molecule has 0 bridgehead atoms. The molecule has 1 N–H and O–H groups in total. The maximum atomic E-state index is 11.4. The van der Waals surface area contributed by atoms with Crippen LogP contribution in [0, 0.1) is 11.3 Å². The van der Waals surface area contributed by atoms with E-state index in [2.05, 4.69) is 4.74 Å². The SMILES string of the molecule is COC(=O)c1cc(C#N)c2ccc(O)cc2c1. The predicted octanol–water partition coefficient (Wildman–Crippen LogP) is 2.20. The summed E-state index contributed by atoms with van der Waals surface area (Å²) in [5.74, 6) is -0.421. The van der Waals surface area contributed by atoms with Gasteiger partial charge in [0, 0.05) is 0 Å². The highest BCUT2D eigenvalue weighted by Crippen LogP contribution is 2.24. The Morgan fingerprint density at radius 1 is 1.35 bits per heavy atom. The number of carbonyl (C=O) groups excluding carboxylic acids is 1. The third kappa shape index (κ3) is 1.91. The molecule has 4 heteroatoms. The van der Waals surface area contributed by atoms with Gasteiger partial charge in [0.25, 0.3) is 0 Å². The van der Waals surface area contributed by atoms with Crippen molar-refractivity contribution in [2.24, 2.45) is 0 Å². The summed E-state index contributed by atoms with van der Waals surface area (Å²) in [6.45, 7) is 0. The first-order valence-electron chi connectivity index (χ1n) is 4.91. The van der Waals surface area contributed by atoms with Crippen molar-refractivity contribution in [3.05, 3.63) is 41.5 Å². The number of methoxy groups -OCH3 is 1. The van der Waals surface area contributed by atoms with Gasteiger partial charge < -0.3 is 9.84 Å². The number of nitrogens with zero attached hydrogens (tertiary/aromatic N) is 1. The Hall–Kier alpha value is -2.54. The van der Waals surface area contributed by atoms with E-state index in [1.54, 1.807) is 12.1 Å². The molecule has 0 unspecified atom stereocenters. The molecule has 17 heavy (non-hydrogen) atoms. The number of phenolic OH excluding ortho intramolecular Hbond substituents is 1. The van der Waals surface area contributed by atoms with Gasteiger partial charge in [-0.15, -0.1) is 0 Å². The lowest BCUT2D eigenvalue weighted by molar-refractivity contribution is 0.0601. The zero-order chi connectivity index (χ0) is 12.4. The Morgan fingerprint density at radius 2 is 2.12 bits per heavy atom. The largest absolute Gasteiger partial charge is 0.508 e. The van der Waals surface area contributed by atoms with E-state index in [9.17, 15) is 9.90 Å². The van der Waals surface area contributed by atoms with Crippen LogP contribution in [-0.2, 0) is 4.74 Å². The second-order valence-corrected chi connectivity index (χ2v) is 3.53. The third-order valence-corrected chi connectivity index (χ3v) is 2.48. The second-order valence-electron chi connectivity index (χ2n) is 3.53. The molecule has 0 saturated carbocycles. The number of hydrogen-bond donors (Lipinski definition) is 1. The molecule has 0 aliphatic heterocycles. The fraction of sp³-hybridized carbons (Fsp3) is 0.0769. The minimum absolute atomic E-state index is 0.0865. The van der Waals surface area contributed by atoms with Crippen molar-refractivity contribution in [3.8, 4) is 11.8 Å². The average Bonchev–Trinajstić information content (AvgIpc) is 2.35. The van der Waals surface area contributed by atoms with Crippen molar-refractivity contribution in [1.29, 1.82) is 5.26 Å². The molecule has 0 amide bonds. The van der Waals surface area contributed by atoms with Crippen LogP contribution in [0.2, 0.25) is 0 Å². The maximum absolute atomic E-state index is 11.4. The Bertz CT molecular complexity index is 641. The van der Waals surface area contributed by atoms with Crippen LogP contribution in [0.5, 0.6) is 5.75 Å². The first-order chi connectivity index (χ1) is 8.15. The molecule has 0 atom stereocenters. The lowest BCUT2D eigenvalue weighted by Gasteiger charge is -2.05. The highest BCUT2D eigenvalue weighted by Gasteiger charge is 2.10. The molecular weight excluding hydrogens is 218 g/mol.